The Kier molecular flexibility index (Phi) is 5.47. The number of hydrogen-bond donors (Lipinski definition) is 0. The summed E-state index contributed by atoms with van der Waals surface area (Å²) in [7, 11) is 1.36. The second kappa shape index (κ2) is 6.65. The Morgan fingerprint density at radius 3 is 2.32 bits per heavy atom. The third kappa shape index (κ3) is 6.33. The van der Waals surface area contributed by atoms with Gasteiger partial charge in [-0.1, -0.05) is 0 Å². The molecule has 0 radical (unpaired) electrons. The van der Waals surface area contributed by atoms with Crippen LogP contribution in [0.2, 0.25) is 0 Å². The molecule has 19 heavy (non-hydrogen) atoms. The molecule has 0 heterocycles. The molecule has 0 bridgehead atoms. The standard InChI is InChI=1S/C13H15F4NO/c1-18(9-13(15,16)17)8-2-3-12(19)10-4-6-11(14)7-5-10/h4-7H,2-3,8-9H2,1H3. The molecule has 0 aliphatic carbocycles. The number of ketones is 1. The van der Waals surface area contributed by atoms with Crippen LogP contribution in [0.1, 0.15) is 23.2 Å². The van der Waals surface area contributed by atoms with Crippen LogP contribution in [0.25, 0.3) is 0 Å². The minimum atomic E-state index is -4.23. The highest BCUT2D eigenvalue weighted by molar-refractivity contribution is 5.95. The van der Waals surface area contributed by atoms with Crippen LogP contribution < -0.4 is 0 Å². The van der Waals surface area contributed by atoms with Gasteiger partial charge < -0.3 is 0 Å². The molecule has 1 aromatic rings. The van der Waals surface area contributed by atoms with Gasteiger partial charge in [0.15, 0.2) is 5.78 Å². The molecule has 0 spiro atoms. The fourth-order valence-electron chi connectivity index (χ4n) is 1.67. The molecule has 2 nitrogen and oxygen atoms in total. The summed E-state index contributed by atoms with van der Waals surface area (Å²) in [6, 6.07) is 5.11. The van der Waals surface area contributed by atoms with E-state index in [2.05, 4.69) is 0 Å². The topological polar surface area (TPSA) is 20.3 Å². The number of alkyl halides is 3. The molecule has 0 fully saturated rings. The first kappa shape index (κ1) is 15.6. The molecule has 0 saturated carbocycles. The zero-order valence-corrected chi connectivity index (χ0v) is 10.5. The Morgan fingerprint density at radius 2 is 1.79 bits per heavy atom. The zero-order chi connectivity index (χ0) is 14.5. The van der Waals surface area contributed by atoms with Crippen molar-refractivity contribution in [3.63, 3.8) is 0 Å². The smallest absolute Gasteiger partial charge is 0.298 e. The van der Waals surface area contributed by atoms with Crippen molar-refractivity contribution in [3.05, 3.63) is 35.6 Å². The predicted molar refractivity (Wildman–Crippen MR) is 63.5 cm³/mol. The van der Waals surface area contributed by atoms with Gasteiger partial charge in [0.25, 0.3) is 0 Å². The molecule has 0 unspecified atom stereocenters. The highest BCUT2D eigenvalue weighted by atomic mass is 19.4. The lowest BCUT2D eigenvalue weighted by Gasteiger charge is -2.17. The molecule has 0 aliphatic rings. The molecule has 0 N–H and O–H groups in total. The Labute approximate surface area is 109 Å². The van der Waals surface area contributed by atoms with E-state index in [1.54, 1.807) is 0 Å². The highest BCUT2D eigenvalue weighted by Gasteiger charge is 2.28. The maximum Gasteiger partial charge on any atom is 0.401 e. The largest absolute Gasteiger partial charge is 0.401 e. The van der Waals surface area contributed by atoms with Gasteiger partial charge in [0, 0.05) is 12.0 Å². The molecule has 0 saturated heterocycles. The van der Waals surface area contributed by atoms with E-state index in [9.17, 15) is 22.4 Å². The number of carbonyl (C=O) groups excluding carboxylic acids is 1. The number of carbonyl (C=O) groups is 1. The van der Waals surface area contributed by atoms with Crippen molar-refractivity contribution in [1.29, 1.82) is 0 Å². The summed E-state index contributed by atoms with van der Waals surface area (Å²) < 4.78 is 48.8. The van der Waals surface area contributed by atoms with Crippen LogP contribution in [0.4, 0.5) is 17.6 Å². The first-order chi connectivity index (χ1) is 8.78. The number of nitrogens with zero attached hydrogens (tertiary/aromatic N) is 1. The molecule has 0 amide bonds. The van der Waals surface area contributed by atoms with Crippen molar-refractivity contribution < 1.29 is 22.4 Å². The lowest BCUT2D eigenvalue weighted by atomic mass is 10.1. The van der Waals surface area contributed by atoms with Crippen molar-refractivity contribution in [3.8, 4) is 0 Å². The number of benzene rings is 1. The van der Waals surface area contributed by atoms with Gasteiger partial charge in [-0.25, -0.2) is 4.39 Å². The predicted octanol–water partition coefficient (Wildman–Crippen LogP) is 3.28. The second-order valence-electron chi connectivity index (χ2n) is 4.39. The maximum absolute atomic E-state index is 12.6. The molecule has 6 heteroatoms. The quantitative estimate of drug-likeness (QED) is 0.587. The highest BCUT2D eigenvalue weighted by Crippen LogP contribution is 2.16. The van der Waals surface area contributed by atoms with Crippen LogP contribution in [-0.4, -0.2) is 37.0 Å². The third-order valence-corrected chi connectivity index (χ3v) is 2.56. The fourth-order valence-corrected chi connectivity index (χ4v) is 1.67. The number of rotatable bonds is 6. The maximum atomic E-state index is 12.6. The SMILES string of the molecule is CN(CCCC(=O)c1ccc(F)cc1)CC(F)(F)F. The summed E-state index contributed by atoms with van der Waals surface area (Å²) in [5.41, 5.74) is 0.375. The molecule has 0 atom stereocenters. The normalized spacial score (nSPS) is 11.9. The van der Waals surface area contributed by atoms with Gasteiger partial charge in [0.2, 0.25) is 0 Å². The van der Waals surface area contributed by atoms with E-state index in [-0.39, 0.29) is 18.7 Å². The molecular formula is C13H15F4NO. The van der Waals surface area contributed by atoms with E-state index < -0.39 is 18.5 Å². The average molecular weight is 277 g/mol. The molecule has 0 aromatic heterocycles. The van der Waals surface area contributed by atoms with Gasteiger partial charge in [-0.15, -0.1) is 0 Å². The van der Waals surface area contributed by atoms with Gasteiger partial charge in [0.1, 0.15) is 5.82 Å². The number of hydrogen-bond acceptors (Lipinski definition) is 2. The Morgan fingerprint density at radius 1 is 1.21 bits per heavy atom. The van der Waals surface area contributed by atoms with E-state index in [0.29, 0.717) is 12.0 Å². The summed E-state index contributed by atoms with van der Waals surface area (Å²) in [6.07, 6.45) is -3.74. The summed E-state index contributed by atoms with van der Waals surface area (Å²) in [5.74, 6) is -0.623. The molecule has 0 aliphatic heterocycles. The summed E-state index contributed by atoms with van der Waals surface area (Å²) in [5, 5.41) is 0. The number of Topliss-reactive ketones (excluding diaryl/α,β-unsaturated/α-hetero) is 1. The lowest BCUT2D eigenvalue weighted by molar-refractivity contribution is -0.143. The van der Waals surface area contributed by atoms with Crippen LogP contribution in [0.3, 0.4) is 0 Å². The van der Waals surface area contributed by atoms with Gasteiger partial charge in [0.05, 0.1) is 6.54 Å². The van der Waals surface area contributed by atoms with Crippen molar-refractivity contribution in [2.75, 3.05) is 20.1 Å². The summed E-state index contributed by atoms with van der Waals surface area (Å²) in [6.45, 7) is -0.801. The average Bonchev–Trinajstić information content (AvgIpc) is 2.27. The van der Waals surface area contributed by atoms with E-state index in [1.165, 1.54) is 31.3 Å². The van der Waals surface area contributed by atoms with Crippen molar-refractivity contribution in [1.82, 2.24) is 4.90 Å². The van der Waals surface area contributed by atoms with E-state index >= 15 is 0 Å². The van der Waals surface area contributed by atoms with Crippen LogP contribution in [0, 0.1) is 5.82 Å². The van der Waals surface area contributed by atoms with Gasteiger partial charge in [-0.3, -0.25) is 9.69 Å². The van der Waals surface area contributed by atoms with Crippen LogP contribution in [0.5, 0.6) is 0 Å². The molecule has 106 valence electrons. The molecule has 1 rings (SSSR count). The van der Waals surface area contributed by atoms with Crippen LogP contribution >= 0.6 is 0 Å². The van der Waals surface area contributed by atoms with E-state index in [0.717, 1.165) is 4.90 Å². The minimum Gasteiger partial charge on any atom is -0.298 e. The second-order valence-corrected chi connectivity index (χ2v) is 4.39. The van der Waals surface area contributed by atoms with Gasteiger partial charge in [-0.2, -0.15) is 13.2 Å². The van der Waals surface area contributed by atoms with Crippen LogP contribution in [-0.2, 0) is 0 Å². The van der Waals surface area contributed by atoms with Gasteiger partial charge >= 0.3 is 6.18 Å². The lowest BCUT2D eigenvalue weighted by Crippen LogP contribution is -2.31. The molecular weight excluding hydrogens is 262 g/mol. The van der Waals surface area contributed by atoms with Gasteiger partial charge in [-0.05, 0) is 44.3 Å². The Bertz CT molecular complexity index is 414. The first-order valence-corrected chi connectivity index (χ1v) is 5.82. The third-order valence-electron chi connectivity index (χ3n) is 2.56. The Balaban J connectivity index is 2.33. The zero-order valence-electron chi connectivity index (χ0n) is 10.5. The van der Waals surface area contributed by atoms with E-state index in [1.807, 2.05) is 0 Å². The van der Waals surface area contributed by atoms with Crippen molar-refractivity contribution >= 4 is 5.78 Å². The van der Waals surface area contributed by atoms with Crippen molar-refractivity contribution in [2.24, 2.45) is 0 Å². The number of halogens is 4. The Hall–Kier alpha value is -1.43. The van der Waals surface area contributed by atoms with Crippen LogP contribution in [0.15, 0.2) is 24.3 Å². The molecule has 1 aromatic carbocycles. The fraction of sp³-hybridized carbons (Fsp3) is 0.462. The summed E-state index contributed by atoms with van der Waals surface area (Å²) >= 11 is 0. The first-order valence-electron chi connectivity index (χ1n) is 5.82. The monoisotopic (exact) mass is 277 g/mol. The van der Waals surface area contributed by atoms with E-state index in [4.69, 9.17) is 0 Å². The summed E-state index contributed by atoms with van der Waals surface area (Å²) in [4.78, 5) is 12.8. The minimum absolute atomic E-state index is 0.147. The van der Waals surface area contributed by atoms with Crippen molar-refractivity contribution in [2.45, 2.75) is 19.0 Å².